The van der Waals surface area contributed by atoms with E-state index in [0.717, 1.165) is 18.8 Å². The molecule has 0 unspecified atom stereocenters. The number of likely N-dealkylation sites (tertiary alicyclic amines) is 1. The summed E-state index contributed by atoms with van der Waals surface area (Å²) in [6.07, 6.45) is 4.23. The van der Waals surface area contributed by atoms with Gasteiger partial charge in [0.15, 0.2) is 0 Å². The van der Waals surface area contributed by atoms with E-state index in [4.69, 9.17) is 0 Å². The number of aromatic nitrogens is 1. The molecule has 18 heavy (non-hydrogen) atoms. The summed E-state index contributed by atoms with van der Waals surface area (Å²) >= 11 is 0. The molecule has 0 saturated carbocycles. The van der Waals surface area contributed by atoms with E-state index in [9.17, 15) is 4.79 Å². The standard InChI is InChI=1S/C13H19N3O2/c1-18-13(17)12-10-11(4-5-15-12)14-6-9-16-7-2-3-8-16/h4-5,10H,2-3,6-9H2,1H3,(H,14,15). The van der Waals surface area contributed by atoms with E-state index in [2.05, 4.69) is 19.9 Å². The van der Waals surface area contributed by atoms with Crippen molar-refractivity contribution in [1.82, 2.24) is 9.88 Å². The molecular weight excluding hydrogens is 230 g/mol. The van der Waals surface area contributed by atoms with Gasteiger partial charge in [0, 0.05) is 25.0 Å². The number of carbonyl (C=O) groups excluding carboxylic acids is 1. The Hall–Kier alpha value is -1.62. The summed E-state index contributed by atoms with van der Waals surface area (Å²) in [6, 6.07) is 3.58. The van der Waals surface area contributed by atoms with E-state index >= 15 is 0 Å². The first kappa shape index (κ1) is 12.8. The molecule has 5 nitrogen and oxygen atoms in total. The smallest absolute Gasteiger partial charge is 0.356 e. The molecule has 1 aliphatic heterocycles. The molecule has 98 valence electrons. The second kappa shape index (κ2) is 6.35. The maximum atomic E-state index is 11.3. The predicted molar refractivity (Wildman–Crippen MR) is 69.7 cm³/mol. The van der Waals surface area contributed by atoms with Gasteiger partial charge in [-0.1, -0.05) is 0 Å². The summed E-state index contributed by atoms with van der Waals surface area (Å²) in [6.45, 7) is 4.32. The normalized spacial score (nSPS) is 15.6. The number of pyridine rings is 1. The average molecular weight is 249 g/mol. The van der Waals surface area contributed by atoms with Crippen molar-refractivity contribution in [2.24, 2.45) is 0 Å². The Morgan fingerprint density at radius 1 is 1.50 bits per heavy atom. The third-order valence-corrected chi connectivity index (χ3v) is 3.11. The topological polar surface area (TPSA) is 54.5 Å². The van der Waals surface area contributed by atoms with Gasteiger partial charge in [-0.25, -0.2) is 9.78 Å². The van der Waals surface area contributed by atoms with Gasteiger partial charge < -0.3 is 15.0 Å². The van der Waals surface area contributed by atoms with Crippen LogP contribution in [0.2, 0.25) is 0 Å². The number of methoxy groups -OCH3 is 1. The summed E-state index contributed by atoms with van der Waals surface area (Å²) in [4.78, 5) is 17.7. The molecule has 0 amide bonds. The molecule has 1 saturated heterocycles. The number of rotatable bonds is 5. The van der Waals surface area contributed by atoms with E-state index in [1.54, 1.807) is 12.3 Å². The Labute approximate surface area is 107 Å². The van der Waals surface area contributed by atoms with Crippen molar-refractivity contribution in [3.05, 3.63) is 24.0 Å². The maximum Gasteiger partial charge on any atom is 0.356 e. The Morgan fingerprint density at radius 2 is 2.28 bits per heavy atom. The minimum Gasteiger partial charge on any atom is -0.464 e. The summed E-state index contributed by atoms with van der Waals surface area (Å²) in [5.74, 6) is -0.404. The van der Waals surface area contributed by atoms with Gasteiger partial charge in [-0.3, -0.25) is 0 Å². The van der Waals surface area contributed by atoms with Crippen LogP contribution in [0.3, 0.4) is 0 Å². The first-order valence-corrected chi connectivity index (χ1v) is 6.30. The molecule has 0 aromatic carbocycles. The van der Waals surface area contributed by atoms with E-state index in [0.29, 0.717) is 5.69 Å². The van der Waals surface area contributed by atoms with E-state index < -0.39 is 5.97 Å². The second-order valence-electron chi connectivity index (χ2n) is 4.40. The molecule has 1 fully saturated rings. The SMILES string of the molecule is COC(=O)c1cc(NCCN2CCCC2)ccn1. The third-order valence-electron chi connectivity index (χ3n) is 3.11. The number of nitrogens with one attached hydrogen (secondary N) is 1. The monoisotopic (exact) mass is 249 g/mol. The zero-order chi connectivity index (χ0) is 12.8. The van der Waals surface area contributed by atoms with Gasteiger partial charge in [-0.15, -0.1) is 0 Å². The van der Waals surface area contributed by atoms with Crippen molar-refractivity contribution >= 4 is 11.7 Å². The Bertz CT molecular complexity index is 403. The van der Waals surface area contributed by atoms with Crippen molar-refractivity contribution in [3.8, 4) is 0 Å². The fourth-order valence-electron chi connectivity index (χ4n) is 2.12. The van der Waals surface area contributed by atoms with Gasteiger partial charge in [0.1, 0.15) is 5.69 Å². The van der Waals surface area contributed by atoms with Crippen LogP contribution in [-0.2, 0) is 4.74 Å². The summed E-state index contributed by atoms with van der Waals surface area (Å²) in [7, 11) is 1.36. The molecule has 0 atom stereocenters. The van der Waals surface area contributed by atoms with Gasteiger partial charge in [-0.2, -0.15) is 0 Å². The van der Waals surface area contributed by atoms with Gasteiger partial charge in [0.05, 0.1) is 7.11 Å². The number of carbonyl (C=O) groups is 1. The van der Waals surface area contributed by atoms with E-state index in [1.165, 1.54) is 33.0 Å². The molecule has 2 rings (SSSR count). The first-order valence-electron chi connectivity index (χ1n) is 6.30. The zero-order valence-electron chi connectivity index (χ0n) is 10.7. The minimum atomic E-state index is -0.404. The lowest BCUT2D eigenvalue weighted by atomic mass is 10.3. The van der Waals surface area contributed by atoms with Crippen LogP contribution in [0.4, 0.5) is 5.69 Å². The highest BCUT2D eigenvalue weighted by Crippen LogP contribution is 2.10. The molecule has 0 aliphatic carbocycles. The van der Waals surface area contributed by atoms with Crippen LogP contribution in [0.5, 0.6) is 0 Å². The lowest BCUT2D eigenvalue weighted by Gasteiger charge is -2.15. The van der Waals surface area contributed by atoms with Crippen LogP contribution < -0.4 is 5.32 Å². The van der Waals surface area contributed by atoms with E-state index in [1.807, 2.05) is 6.07 Å². The summed E-state index contributed by atoms with van der Waals surface area (Å²) < 4.78 is 4.64. The zero-order valence-corrected chi connectivity index (χ0v) is 10.7. The quantitative estimate of drug-likeness (QED) is 0.799. The Balaban J connectivity index is 1.83. The number of nitrogens with zero attached hydrogens (tertiary/aromatic N) is 2. The summed E-state index contributed by atoms with van der Waals surface area (Å²) in [5, 5.41) is 3.30. The van der Waals surface area contributed by atoms with Crippen molar-refractivity contribution in [2.75, 3.05) is 38.6 Å². The number of hydrogen-bond acceptors (Lipinski definition) is 5. The third kappa shape index (κ3) is 3.43. The van der Waals surface area contributed by atoms with E-state index in [-0.39, 0.29) is 0 Å². The number of ether oxygens (including phenoxy) is 1. The summed E-state index contributed by atoms with van der Waals surface area (Å²) in [5.41, 5.74) is 1.24. The number of anilines is 1. The van der Waals surface area contributed by atoms with Crippen LogP contribution in [0.25, 0.3) is 0 Å². The molecule has 0 radical (unpaired) electrons. The van der Waals surface area contributed by atoms with Crippen LogP contribution in [-0.4, -0.2) is 49.1 Å². The van der Waals surface area contributed by atoms with Crippen molar-refractivity contribution in [3.63, 3.8) is 0 Å². The van der Waals surface area contributed by atoms with Crippen molar-refractivity contribution < 1.29 is 9.53 Å². The van der Waals surface area contributed by atoms with Crippen LogP contribution >= 0.6 is 0 Å². The molecular formula is C13H19N3O2. The fourth-order valence-corrected chi connectivity index (χ4v) is 2.12. The molecule has 0 spiro atoms. The highest BCUT2D eigenvalue weighted by Gasteiger charge is 2.11. The Kier molecular flexibility index (Phi) is 4.52. The molecule has 0 bridgehead atoms. The molecule has 5 heteroatoms. The highest BCUT2D eigenvalue weighted by atomic mass is 16.5. The predicted octanol–water partition coefficient (Wildman–Crippen LogP) is 1.38. The van der Waals surface area contributed by atoms with Crippen LogP contribution in [0.15, 0.2) is 18.3 Å². The Morgan fingerprint density at radius 3 is 3.00 bits per heavy atom. The van der Waals surface area contributed by atoms with Gasteiger partial charge in [0.25, 0.3) is 0 Å². The van der Waals surface area contributed by atoms with Gasteiger partial charge >= 0.3 is 5.97 Å². The minimum absolute atomic E-state index is 0.337. The largest absolute Gasteiger partial charge is 0.464 e. The van der Waals surface area contributed by atoms with Gasteiger partial charge in [0.2, 0.25) is 0 Å². The van der Waals surface area contributed by atoms with Crippen LogP contribution in [0, 0.1) is 0 Å². The van der Waals surface area contributed by atoms with Crippen molar-refractivity contribution in [1.29, 1.82) is 0 Å². The first-order chi connectivity index (χ1) is 8.79. The fraction of sp³-hybridized carbons (Fsp3) is 0.538. The lowest BCUT2D eigenvalue weighted by Crippen LogP contribution is -2.26. The number of hydrogen-bond donors (Lipinski definition) is 1. The lowest BCUT2D eigenvalue weighted by molar-refractivity contribution is 0.0594. The maximum absolute atomic E-state index is 11.3. The number of esters is 1. The average Bonchev–Trinajstić information content (AvgIpc) is 2.91. The molecule has 1 N–H and O–H groups in total. The highest BCUT2D eigenvalue weighted by molar-refractivity contribution is 5.88. The van der Waals surface area contributed by atoms with Crippen LogP contribution in [0.1, 0.15) is 23.3 Å². The second-order valence-corrected chi connectivity index (χ2v) is 4.40. The molecule has 1 aromatic rings. The van der Waals surface area contributed by atoms with Crippen molar-refractivity contribution in [2.45, 2.75) is 12.8 Å². The molecule has 1 aromatic heterocycles. The van der Waals surface area contributed by atoms with Gasteiger partial charge in [-0.05, 0) is 38.1 Å². The molecule has 1 aliphatic rings. The molecule has 2 heterocycles.